The minimum Gasteiger partial charge on any atom is -0.497 e. The van der Waals surface area contributed by atoms with Gasteiger partial charge in [-0.1, -0.05) is 42.5 Å². The van der Waals surface area contributed by atoms with E-state index in [1.54, 1.807) is 20.1 Å². The van der Waals surface area contributed by atoms with E-state index in [2.05, 4.69) is 10.1 Å². The number of pyridine rings is 1. The number of benzene rings is 2. The predicted molar refractivity (Wildman–Crippen MR) is 121 cm³/mol. The number of methoxy groups -OCH3 is 1. The molecule has 0 unspecified atom stereocenters. The van der Waals surface area contributed by atoms with Gasteiger partial charge in [-0.15, -0.1) is 0 Å². The van der Waals surface area contributed by atoms with Gasteiger partial charge in [-0.25, -0.2) is 5.01 Å². The third-order valence-corrected chi connectivity index (χ3v) is 5.28. The molecule has 4 rings (SSSR count). The van der Waals surface area contributed by atoms with Crippen LogP contribution in [0.3, 0.4) is 0 Å². The average Bonchev–Trinajstić information content (AvgIpc) is 3.29. The van der Waals surface area contributed by atoms with Gasteiger partial charge in [0.25, 0.3) is 5.91 Å². The molecular formula is C24H22N4O5. The number of nitro groups is 1. The van der Waals surface area contributed by atoms with Gasteiger partial charge >= 0.3 is 5.82 Å². The molecule has 168 valence electrons. The Balaban J connectivity index is 1.59. The molecule has 1 amide bonds. The molecule has 0 bridgehead atoms. The fourth-order valence-electron chi connectivity index (χ4n) is 3.61. The molecule has 2 heterocycles. The van der Waals surface area contributed by atoms with Gasteiger partial charge in [0.1, 0.15) is 11.4 Å². The van der Waals surface area contributed by atoms with E-state index in [1.165, 1.54) is 11.1 Å². The van der Waals surface area contributed by atoms with E-state index in [4.69, 9.17) is 9.47 Å². The third kappa shape index (κ3) is 4.82. The van der Waals surface area contributed by atoms with Crippen LogP contribution in [0.2, 0.25) is 0 Å². The van der Waals surface area contributed by atoms with Gasteiger partial charge < -0.3 is 19.6 Å². The lowest BCUT2D eigenvalue weighted by atomic mass is 9.98. The van der Waals surface area contributed by atoms with Crippen molar-refractivity contribution in [2.24, 2.45) is 5.10 Å². The second kappa shape index (κ2) is 9.47. The van der Waals surface area contributed by atoms with Crippen LogP contribution in [0.5, 0.6) is 11.5 Å². The lowest BCUT2D eigenvalue weighted by molar-refractivity contribution is -0.390. The highest BCUT2D eigenvalue weighted by Gasteiger charge is 2.33. The summed E-state index contributed by atoms with van der Waals surface area (Å²) in [6, 6.07) is 19.8. The van der Waals surface area contributed by atoms with Crippen molar-refractivity contribution in [2.45, 2.75) is 19.4 Å². The fourth-order valence-corrected chi connectivity index (χ4v) is 3.61. The number of aryl methyl sites for hydroxylation is 1. The van der Waals surface area contributed by atoms with E-state index < -0.39 is 23.3 Å². The number of amides is 1. The normalized spacial score (nSPS) is 15.2. The van der Waals surface area contributed by atoms with Crippen LogP contribution >= 0.6 is 0 Å². The molecule has 1 aliphatic heterocycles. The van der Waals surface area contributed by atoms with Crippen molar-refractivity contribution in [3.05, 3.63) is 93.7 Å². The third-order valence-electron chi connectivity index (χ3n) is 5.28. The number of rotatable bonds is 7. The molecule has 0 aliphatic carbocycles. The average molecular weight is 446 g/mol. The summed E-state index contributed by atoms with van der Waals surface area (Å²) in [5, 5.41) is 17.3. The molecule has 0 fully saturated rings. The van der Waals surface area contributed by atoms with Crippen LogP contribution in [0.4, 0.5) is 5.82 Å². The zero-order chi connectivity index (χ0) is 23.4. The van der Waals surface area contributed by atoms with E-state index >= 15 is 0 Å². The Labute approximate surface area is 190 Å². The van der Waals surface area contributed by atoms with Crippen LogP contribution in [0, 0.1) is 17.0 Å². The highest BCUT2D eigenvalue weighted by Crippen LogP contribution is 2.34. The van der Waals surface area contributed by atoms with Crippen LogP contribution in [0.1, 0.15) is 29.3 Å². The number of hydrazone groups is 1. The van der Waals surface area contributed by atoms with Crippen LogP contribution in [-0.4, -0.2) is 40.3 Å². The van der Waals surface area contributed by atoms with E-state index in [0.717, 1.165) is 16.8 Å². The highest BCUT2D eigenvalue weighted by molar-refractivity contribution is 6.03. The number of carbonyl (C=O) groups is 1. The number of hydrogen-bond donors (Lipinski definition) is 0. The van der Waals surface area contributed by atoms with Gasteiger partial charge in [0.15, 0.2) is 6.61 Å². The van der Waals surface area contributed by atoms with E-state index in [1.807, 2.05) is 54.6 Å². The molecule has 1 aliphatic rings. The first-order valence-electron chi connectivity index (χ1n) is 10.3. The SMILES string of the molecule is COc1ccc([C@H]2CC(c3ccccc3)=NN2C(=O)COc2ccc(C)nc2[N+](=O)[O-])cc1. The maximum Gasteiger partial charge on any atom is 0.406 e. The lowest BCUT2D eigenvalue weighted by Crippen LogP contribution is -2.31. The second-order valence-corrected chi connectivity index (χ2v) is 7.46. The maximum absolute atomic E-state index is 13.1. The van der Waals surface area contributed by atoms with E-state index in [0.29, 0.717) is 17.9 Å². The summed E-state index contributed by atoms with van der Waals surface area (Å²) >= 11 is 0. The summed E-state index contributed by atoms with van der Waals surface area (Å²) in [5.41, 5.74) is 3.07. The molecule has 9 nitrogen and oxygen atoms in total. The van der Waals surface area contributed by atoms with E-state index in [-0.39, 0.29) is 11.8 Å². The summed E-state index contributed by atoms with van der Waals surface area (Å²) in [5.74, 6) is -0.200. The van der Waals surface area contributed by atoms with Gasteiger partial charge in [0.05, 0.1) is 18.9 Å². The van der Waals surface area contributed by atoms with Crippen molar-refractivity contribution >= 4 is 17.4 Å². The predicted octanol–water partition coefficient (Wildman–Crippen LogP) is 4.06. The summed E-state index contributed by atoms with van der Waals surface area (Å²) in [6.45, 7) is 1.23. The Hall–Kier alpha value is -4.27. The fraction of sp³-hybridized carbons (Fsp3) is 0.208. The smallest absolute Gasteiger partial charge is 0.406 e. The summed E-state index contributed by atoms with van der Waals surface area (Å²) in [7, 11) is 1.59. The van der Waals surface area contributed by atoms with Crippen molar-refractivity contribution in [3.8, 4) is 11.5 Å². The van der Waals surface area contributed by atoms with Crippen LogP contribution in [0.15, 0.2) is 71.8 Å². The second-order valence-electron chi connectivity index (χ2n) is 7.46. The molecule has 1 atom stereocenters. The van der Waals surface area contributed by atoms with Crippen molar-refractivity contribution in [3.63, 3.8) is 0 Å². The molecule has 0 N–H and O–H groups in total. The Morgan fingerprint density at radius 3 is 2.52 bits per heavy atom. The first-order valence-corrected chi connectivity index (χ1v) is 10.3. The largest absolute Gasteiger partial charge is 0.497 e. The minimum atomic E-state index is -0.630. The maximum atomic E-state index is 13.1. The van der Waals surface area contributed by atoms with Gasteiger partial charge in [-0.05, 0) is 45.3 Å². The Bertz CT molecular complexity index is 1200. The number of hydrogen-bond acceptors (Lipinski definition) is 7. The van der Waals surface area contributed by atoms with Crippen molar-refractivity contribution < 1.29 is 19.2 Å². The van der Waals surface area contributed by atoms with Gasteiger partial charge in [-0.2, -0.15) is 5.10 Å². The molecule has 0 radical (unpaired) electrons. The van der Waals surface area contributed by atoms with Crippen LogP contribution in [0.25, 0.3) is 0 Å². The first kappa shape index (κ1) is 21.9. The van der Waals surface area contributed by atoms with Gasteiger partial charge in [0, 0.05) is 13.3 Å². The summed E-state index contributed by atoms with van der Waals surface area (Å²) in [4.78, 5) is 27.7. The molecule has 3 aromatic rings. The standard InChI is InChI=1S/C24H22N4O5/c1-16-8-13-22(24(25-16)28(30)31)33-15-23(29)27-21(18-9-11-19(32-2)12-10-18)14-20(26-27)17-6-4-3-5-7-17/h3-13,21H,14-15H2,1-2H3/t21-/m1/s1. The van der Waals surface area contributed by atoms with E-state index in [9.17, 15) is 14.9 Å². The number of nitrogens with zero attached hydrogens (tertiary/aromatic N) is 4. The quantitative estimate of drug-likeness (QED) is 0.400. The van der Waals surface area contributed by atoms with Crippen molar-refractivity contribution in [1.82, 2.24) is 9.99 Å². The first-order chi connectivity index (χ1) is 16.0. The molecule has 1 aromatic heterocycles. The number of carbonyl (C=O) groups excluding carboxylic acids is 1. The highest BCUT2D eigenvalue weighted by atomic mass is 16.6. The zero-order valence-electron chi connectivity index (χ0n) is 18.2. The number of ether oxygens (including phenoxy) is 2. The lowest BCUT2D eigenvalue weighted by Gasteiger charge is -2.22. The zero-order valence-corrected chi connectivity index (χ0v) is 18.2. The molecule has 2 aromatic carbocycles. The minimum absolute atomic E-state index is 0.0635. The molecular weight excluding hydrogens is 424 g/mol. The van der Waals surface area contributed by atoms with Crippen LogP contribution < -0.4 is 9.47 Å². The van der Waals surface area contributed by atoms with Gasteiger partial charge in [0.2, 0.25) is 5.75 Å². The Kier molecular flexibility index (Phi) is 6.30. The molecule has 33 heavy (non-hydrogen) atoms. The van der Waals surface area contributed by atoms with Crippen molar-refractivity contribution in [2.75, 3.05) is 13.7 Å². The summed E-state index contributed by atoms with van der Waals surface area (Å²) < 4.78 is 10.7. The molecule has 0 saturated carbocycles. The van der Waals surface area contributed by atoms with Crippen molar-refractivity contribution in [1.29, 1.82) is 0 Å². The van der Waals surface area contributed by atoms with Gasteiger partial charge in [-0.3, -0.25) is 4.79 Å². The Morgan fingerprint density at radius 2 is 1.85 bits per heavy atom. The van der Waals surface area contributed by atoms with Crippen LogP contribution in [-0.2, 0) is 4.79 Å². The monoisotopic (exact) mass is 446 g/mol. The summed E-state index contributed by atoms with van der Waals surface area (Å²) in [6.07, 6.45) is 0.522. The topological polar surface area (TPSA) is 107 Å². The number of aromatic nitrogens is 1. The molecule has 0 saturated heterocycles. The molecule has 0 spiro atoms. The Morgan fingerprint density at radius 1 is 1.12 bits per heavy atom. The molecule has 9 heteroatoms.